The Morgan fingerprint density at radius 1 is 1.25 bits per heavy atom. The van der Waals surface area contributed by atoms with Gasteiger partial charge in [-0.2, -0.15) is 0 Å². The van der Waals surface area contributed by atoms with Crippen molar-refractivity contribution in [1.29, 1.82) is 0 Å². The second-order valence-electron chi connectivity index (χ2n) is 4.50. The number of nitrogens with two attached hydrogens (primary N) is 1. The summed E-state index contributed by atoms with van der Waals surface area (Å²) in [5.41, 5.74) is 9.60. The Morgan fingerprint density at radius 2 is 2.05 bits per heavy atom. The largest absolute Gasteiger partial charge is 0.494 e. The average Bonchev–Trinajstić information content (AvgIpc) is 2.39. The van der Waals surface area contributed by atoms with E-state index >= 15 is 0 Å². The van der Waals surface area contributed by atoms with Crippen LogP contribution in [0.25, 0.3) is 0 Å². The Kier molecular flexibility index (Phi) is 4.58. The van der Waals surface area contributed by atoms with Crippen LogP contribution in [0.2, 0.25) is 0 Å². The Morgan fingerprint density at radius 3 is 2.75 bits per heavy atom. The maximum absolute atomic E-state index is 5.76. The molecular formula is C16H18N2OS. The van der Waals surface area contributed by atoms with Gasteiger partial charge in [0.25, 0.3) is 0 Å². The predicted octanol–water partition coefficient (Wildman–Crippen LogP) is 3.77. The number of benzene rings is 2. The van der Waals surface area contributed by atoms with Crippen molar-refractivity contribution < 1.29 is 4.74 Å². The van der Waals surface area contributed by atoms with Crippen LogP contribution in [0, 0.1) is 6.92 Å². The maximum Gasteiger partial charge on any atom is 0.121 e. The molecule has 0 aromatic heterocycles. The molecular weight excluding hydrogens is 268 g/mol. The van der Waals surface area contributed by atoms with Crippen LogP contribution in [0.5, 0.6) is 5.75 Å². The molecule has 104 valence electrons. The molecule has 2 aromatic rings. The van der Waals surface area contributed by atoms with Crippen molar-refractivity contribution in [2.24, 2.45) is 5.73 Å². The molecule has 20 heavy (non-hydrogen) atoms. The molecule has 3 nitrogen and oxygen atoms in total. The molecule has 2 rings (SSSR count). The summed E-state index contributed by atoms with van der Waals surface area (Å²) in [6.07, 6.45) is 0. The van der Waals surface area contributed by atoms with Crippen LogP contribution in [0.4, 0.5) is 11.4 Å². The quantitative estimate of drug-likeness (QED) is 0.821. The second kappa shape index (κ2) is 6.39. The lowest BCUT2D eigenvalue weighted by Crippen LogP contribution is -2.12. The van der Waals surface area contributed by atoms with Crippen LogP contribution in [-0.2, 0) is 0 Å². The zero-order chi connectivity index (χ0) is 14.5. The van der Waals surface area contributed by atoms with E-state index in [9.17, 15) is 0 Å². The minimum Gasteiger partial charge on any atom is -0.494 e. The number of aryl methyl sites for hydroxylation is 1. The van der Waals surface area contributed by atoms with Crippen LogP contribution in [0.3, 0.4) is 0 Å². The fourth-order valence-electron chi connectivity index (χ4n) is 1.96. The first-order chi connectivity index (χ1) is 9.60. The van der Waals surface area contributed by atoms with Gasteiger partial charge in [0.15, 0.2) is 0 Å². The van der Waals surface area contributed by atoms with E-state index in [4.69, 9.17) is 22.7 Å². The van der Waals surface area contributed by atoms with Gasteiger partial charge >= 0.3 is 0 Å². The third-order valence-corrected chi connectivity index (χ3v) is 3.08. The molecule has 0 saturated heterocycles. The highest BCUT2D eigenvalue weighted by Gasteiger charge is 2.06. The van der Waals surface area contributed by atoms with Gasteiger partial charge in [-0.05, 0) is 43.7 Å². The van der Waals surface area contributed by atoms with Crippen LogP contribution in [0.1, 0.15) is 18.1 Å². The number of thiocarbonyl (C=S) groups is 1. The molecule has 0 aliphatic rings. The SMILES string of the molecule is CCOc1cccc(Nc2cc(C)ccc2C(N)=S)c1. The molecule has 2 aromatic carbocycles. The van der Waals surface area contributed by atoms with Crippen molar-refractivity contribution >= 4 is 28.6 Å². The molecule has 0 atom stereocenters. The summed E-state index contributed by atoms with van der Waals surface area (Å²) in [6.45, 7) is 4.64. The maximum atomic E-state index is 5.76. The standard InChI is InChI=1S/C16H18N2OS/c1-3-19-13-6-4-5-12(10-13)18-15-9-11(2)7-8-14(15)16(17)20/h4-10,18H,3H2,1-2H3,(H2,17,20). The highest BCUT2D eigenvalue weighted by atomic mass is 32.1. The van der Waals surface area contributed by atoms with Crippen molar-refractivity contribution in [2.45, 2.75) is 13.8 Å². The molecule has 0 bridgehead atoms. The smallest absolute Gasteiger partial charge is 0.121 e. The van der Waals surface area contributed by atoms with E-state index in [1.807, 2.05) is 56.3 Å². The van der Waals surface area contributed by atoms with E-state index in [1.165, 1.54) is 0 Å². The van der Waals surface area contributed by atoms with E-state index in [0.717, 1.165) is 28.3 Å². The molecule has 0 aliphatic carbocycles. The Labute approximate surface area is 124 Å². The van der Waals surface area contributed by atoms with E-state index in [1.54, 1.807) is 0 Å². The summed E-state index contributed by atoms with van der Waals surface area (Å²) in [7, 11) is 0. The topological polar surface area (TPSA) is 47.3 Å². The number of ether oxygens (including phenoxy) is 1. The molecule has 0 spiro atoms. The molecule has 0 aliphatic heterocycles. The fourth-order valence-corrected chi connectivity index (χ4v) is 2.14. The number of nitrogens with one attached hydrogen (secondary N) is 1. The number of rotatable bonds is 5. The van der Waals surface area contributed by atoms with Crippen LogP contribution in [0.15, 0.2) is 42.5 Å². The Bertz CT molecular complexity index is 626. The van der Waals surface area contributed by atoms with Gasteiger partial charge in [0.2, 0.25) is 0 Å². The molecule has 0 amide bonds. The molecule has 0 heterocycles. The van der Waals surface area contributed by atoms with E-state index in [2.05, 4.69) is 5.32 Å². The summed E-state index contributed by atoms with van der Waals surface area (Å²) < 4.78 is 5.50. The van der Waals surface area contributed by atoms with E-state index in [0.29, 0.717) is 11.6 Å². The first-order valence-corrected chi connectivity index (χ1v) is 6.91. The number of hydrogen-bond donors (Lipinski definition) is 2. The van der Waals surface area contributed by atoms with Gasteiger partial charge in [-0.3, -0.25) is 0 Å². The first kappa shape index (κ1) is 14.3. The van der Waals surface area contributed by atoms with Crippen molar-refractivity contribution in [1.82, 2.24) is 0 Å². The lowest BCUT2D eigenvalue weighted by molar-refractivity contribution is 0.340. The first-order valence-electron chi connectivity index (χ1n) is 6.50. The molecule has 3 N–H and O–H groups in total. The molecule has 0 radical (unpaired) electrons. The highest BCUT2D eigenvalue weighted by Crippen LogP contribution is 2.25. The molecule has 4 heteroatoms. The van der Waals surface area contributed by atoms with Gasteiger partial charge in [0.05, 0.1) is 6.61 Å². The van der Waals surface area contributed by atoms with Gasteiger partial charge in [0, 0.05) is 23.0 Å². The van der Waals surface area contributed by atoms with Gasteiger partial charge in [0.1, 0.15) is 10.7 Å². The van der Waals surface area contributed by atoms with E-state index < -0.39 is 0 Å². The summed E-state index contributed by atoms with van der Waals surface area (Å²) in [4.78, 5) is 0.383. The normalized spacial score (nSPS) is 10.1. The Hall–Kier alpha value is -2.07. The van der Waals surface area contributed by atoms with Gasteiger partial charge in [-0.25, -0.2) is 0 Å². The minimum atomic E-state index is 0.383. The lowest BCUT2D eigenvalue weighted by atomic mass is 10.1. The van der Waals surface area contributed by atoms with E-state index in [-0.39, 0.29) is 0 Å². The zero-order valence-electron chi connectivity index (χ0n) is 11.6. The number of hydrogen-bond acceptors (Lipinski definition) is 3. The summed E-state index contributed by atoms with van der Waals surface area (Å²) in [6, 6.07) is 13.8. The van der Waals surface area contributed by atoms with Crippen LogP contribution < -0.4 is 15.8 Å². The van der Waals surface area contributed by atoms with Gasteiger partial charge in [-0.15, -0.1) is 0 Å². The average molecular weight is 286 g/mol. The number of anilines is 2. The monoisotopic (exact) mass is 286 g/mol. The predicted molar refractivity (Wildman–Crippen MR) is 88.0 cm³/mol. The lowest BCUT2D eigenvalue weighted by Gasteiger charge is -2.13. The fraction of sp³-hybridized carbons (Fsp3) is 0.188. The van der Waals surface area contributed by atoms with Crippen LogP contribution in [-0.4, -0.2) is 11.6 Å². The van der Waals surface area contributed by atoms with Crippen molar-refractivity contribution in [2.75, 3.05) is 11.9 Å². The van der Waals surface area contributed by atoms with Crippen molar-refractivity contribution in [3.63, 3.8) is 0 Å². The third kappa shape index (κ3) is 3.48. The zero-order valence-corrected chi connectivity index (χ0v) is 12.5. The van der Waals surface area contributed by atoms with Gasteiger partial charge < -0.3 is 15.8 Å². The summed E-state index contributed by atoms with van der Waals surface area (Å²) in [5.74, 6) is 0.835. The van der Waals surface area contributed by atoms with Crippen molar-refractivity contribution in [3.8, 4) is 5.75 Å². The molecule has 0 unspecified atom stereocenters. The highest BCUT2D eigenvalue weighted by molar-refractivity contribution is 7.80. The molecule has 0 saturated carbocycles. The minimum absolute atomic E-state index is 0.383. The third-order valence-electron chi connectivity index (χ3n) is 2.86. The van der Waals surface area contributed by atoms with Crippen LogP contribution >= 0.6 is 12.2 Å². The molecule has 0 fully saturated rings. The second-order valence-corrected chi connectivity index (χ2v) is 4.94. The Balaban J connectivity index is 2.31. The summed E-state index contributed by atoms with van der Waals surface area (Å²) >= 11 is 5.09. The summed E-state index contributed by atoms with van der Waals surface area (Å²) in [5, 5.41) is 3.35. The van der Waals surface area contributed by atoms with Gasteiger partial charge in [-0.1, -0.05) is 24.4 Å². The van der Waals surface area contributed by atoms with Crippen molar-refractivity contribution in [3.05, 3.63) is 53.6 Å².